The summed E-state index contributed by atoms with van der Waals surface area (Å²) < 4.78 is 11.2. The van der Waals surface area contributed by atoms with Crippen LogP contribution in [-0.4, -0.2) is 12.7 Å². The van der Waals surface area contributed by atoms with Crippen LogP contribution in [0.2, 0.25) is 0 Å². The minimum atomic E-state index is -0.196. The third-order valence-corrected chi connectivity index (χ3v) is 2.71. The van der Waals surface area contributed by atoms with Gasteiger partial charge in [-0.2, -0.15) is 0 Å². The molecule has 0 saturated carbocycles. The molecule has 0 aliphatic carbocycles. The van der Waals surface area contributed by atoms with E-state index < -0.39 is 0 Å². The van der Waals surface area contributed by atoms with Gasteiger partial charge in [-0.05, 0) is 26.0 Å². The Labute approximate surface area is 90.2 Å². The van der Waals surface area contributed by atoms with E-state index in [1.165, 1.54) is 0 Å². The van der Waals surface area contributed by atoms with Crippen LogP contribution >= 0.6 is 0 Å². The zero-order valence-electron chi connectivity index (χ0n) is 9.41. The van der Waals surface area contributed by atoms with Crippen molar-refractivity contribution in [1.82, 2.24) is 0 Å². The first kappa shape index (κ1) is 10.3. The van der Waals surface area contributed by atoms with Gasteiger partial charge >= 0.3 is 0 Å². The van der Waals surface area contributed by atoms with Gasteiger partial charge in [-0.25, -0.2) is 0 Å². The van der Waals surface area contributed by atoms with Gasteiger partial charge in [0.1, 0.15) is 17.1 Å². The summed E-state index contributed by atoms with van der Waals surface area (Å²) in [5.74, 6) is 1.66. The predicted octanol–water partition coefficient (Wildman–Crippen LogP) is 2.26. The Bertz CT molecular complexity index is 374. The monoisotopic (exact) mass is 207 g/mol. The molecule has 1 atom stereocenters. The molecule has 1 aromatic rings. The van der Waals surface area contributed by atoms with E-state index in [0.717, 1.165) is 23.5 Å². The normalized spacial score (nSPS) is 22.8. The molecule has 2 N–H and O–H groups in total. The zero-order chi connectivity index (χ0) is 11.1. The molecule has 82 valence electrons. The van der Waals surface area contributed by atoms with Crippen LogP contribution in [-0.2, 0) is 0 Å². The standard InChI is InChI=1S/C12H17NO2/c1-12(2)7-8(13)11-9(14-3)5-4-6-10(11)15-12/h4-6,8H,7,13H2,1-3H3/t8-/m1/s1. The molecule has 0 spiro atoms. The van der Waals surface area contributed by atoms with Gasteiger partial charge in [0, 0.05) is 12.5 Å². The van der Waals surface area contributed by atoms with E-state index in [-0.39, 0.29) is 11.6 Å². The number of benzene rings is 1. The molecular formula is C12H17NO2. The summed E-state index contributed by atoms with van der Waals surface area (Å²) in [7, 11) is 1.65. The maximum absolute atomic E-state index is 6.14. The summed E-state index contributed by atoms with van der Waals surface area (Å²) in [6, 6.07) is 5.77. The third kappa shape index (κ3) is 1.79. The summed E-state index contributed by atoms with van der Waals surface area (Å²) in [6.07, 6.45) is 0.806. The van der Waals surface area contributed by atoms with Crippen molar-refractivity contribution in [2.45, 2.75) is 31.9 Å². The number of ether oxygens (including phenoxy) is 2. The second-order valence-corrected chi connectivity index (χ2v) is 4.54. The Morgan fingerprint density at radius 1 is 1.47 bits per heavy atom. The number of hydrogen-bond donors (Lipinski definition) is 1. The van der Waals surface area contributed by atoms with Crippen LogP contribution in [0.4, 0.5) is 0 Å². The van der Waals surface area contributed by atoms with Gasteiger partial charge in [0.15, 0.2) is 0 Å². The SMILES string of the molecule is COc1cccc2c1[C@H](N)CC(C)(C)O2. The number of rotatable bonds is 1. The van der Waals surface area contributed by atoms with Crippen molar-refractivity contribution in [2.24, 2.45) is 5.73 Å². The molecule has 2 rings (SSSR count). The lowest BCUT2D eigenvalue weighted by atomic mass is 9.90. The Balaban J connectivity index is 2.49. The van der Waals surface area contributed by atoms with Crippen molar-refractivity contribution in [3.63, 3.8) is 0 Å². The first-order chi connectivity index (χ1) is 7.03. The molecular weight excluding hydrogens is 190 g/mol. The molecule has 1 aliphatic rings. The van der Waals surface area contributed by atoms with E-state index in [4.69, 9.17) is 15.2 Å². The zero-order valence-corrected chi connectivity index (χ0v) is 9.41. The van der Waals surface area contributed by atoms with Crippen molar-refractivity contribution >= 4 is 0 Å². The lowest BCUT2D eigenvalue weighted by Gasteiger charge is -2.36. The van der Waals surface area contributed by atoms with Crippen LogP contribution in [0.3, 0.4) is 0 Å². The van der Waals surface area contributed by atoms with Crippen LogP contribution in [0.5, 0.6) is 11.5 Å². The van der Waals surface area contributed by atoms with Crippen molar-refractivity contribution in [1.29, 1.82) is 0 Å². The molecule has 3 heteroatoms. The molecule has 0 aromatic heterocycles. The Morgan fingerprint density at radius 3 is 2.87 bits per heavy atom. The van der Waals surface area contributed by atoms with E-state index in [9.17, 15) is 0 Å². The molecule has 0 unspecified atom stereocenters. The van der Waals surface area contributed by atoms with Crippen molar-refractivity contribution in [3.05, 3.63) is 23.8 Å². The fraction of sp³-hybridized carbons (Fsp3) is 0.500. The van der Waals surface area contributed by atoms with E-state index >= 15 is 0 Å². The fourth-order valence-electron chi connectivity index (χ4n) is 2.13. The van der Waals surface area contributed by atoms with Gasteiger partial charge < -0.3 is 15.2 Å². The molecule has 3 nitrogen and oxygen atoms in total. The average molecular weight is 207 g/mol. The number of fused-ring (bicyclic) bond motifs is 1. The maximum Gasteiger partial charge on any atom is 0.128 e. The molecule has 1 heterocycles. The second kappa shape index (κ2) is 3.42. The van der Waals surface area contributed by atoms with Gasteiger partial charge in [0.25, 0.3) is 0 Å². The molecule has 0 bridgehead atoms. The summed E-state index contributed by atoms with van der Waals surface area (Å²) >= 11 is 0. The Hall–Kier alpha value is -1.22. The minimum absolute atomic E-state index is 0.0140. The minimum Gasteiger partial charge on any atom is -0.496 e. The number of nitrogens with two attached hydrogens (primary N) is 1. The molecule has 15 heavy (non-hydrogen) atoms. The first-order valence-electron chi connectivity index (χ1n) is 5.15. The Kier molecular flexibility index (Phi) is 2.35. The van der Waals surface area contributed by atoms with Gasteiger partial charge in [-0.1, -0.05) is 6.07 Å². The van der Waals surface area contributed by atoms with Crippen LogP contribution in [0, 0.1) is 0 Å². The van der Waals surface area contributed by atoms with Crippen LogP contribution in [0.15, 0.2) is 18.2 Å². The van der Waals surface area contributed by atoms with E-state index in [0.29, 0.717) is 0 Å². The highest BCUT2D eigenvalue weighted by molar-refractivity contribution is 5.48. The highest BCUT2D eigenvalue weighted by atomic mass is 16.5. The summed E-state index contributed by atoms with van der Waals surface area (Å²) in [5.41, 5.74) is 6.93. The van der Waals surface area contributed by atoms with Crippen molar-refractivity contribution in [2.75, 3.05) is 7.11 Å². The number of hydrogen-bond acceptors (Lipinski definition) is 3. The predicted molar refractivity (Wildman–Crippen MR) is 59.2 cm³/mol. The second-order valence-electron chi connectivity index (χ2n) is 4.54. The van der Waals surface area contributed by atoms with E-state index in [1.807, 2.05) is 18.2 Å². The molecule has 0 amide bonds. The third-order valence-electron chi connectivity index (χ3n) is 2.71. The largest absolute Gasteiger partial charge is 0.496 e. The average Bonchev–Trinajstić information content (AvgIpc) is 2.14. The fourth-order valence-corrected chi connectivity index (χ4v) is 2.13. The van der Waals surface area contributed by atoms with Gasteiger partial charge in [-0.3, -0.25) is 0 Å². The Morgan fingerprint density at radius 2 is 2.20 bits per heavy atom. The molecule has 1 aromatic carbocycles. The molecule has 0 radical (unpaired) electrons. The quantitative estimate of drug-likeness (QED) is 0.768. The van der Waals surface area contributed by atoms with Crippen LogP contribution in [0.25, 0.3) is 0 Å². The molecule has 0 saturated heterocycles. The first-order valence-corrected chi connectivity index (χ1v) is 5.15. The van der Waals surface area contributed by atoms with E-state index in [2.05, 4.69) is 13.8 Å². The molecule has 1 aliphatic heterocycles. The molecule has 0 fully saturated rings. The van der Waals surface area contributed by atoms with E-state index in [1.54, 1.807) is 7.11 Å². The maximum atomic E-state index is 6.14. The lowest BCUT2D eigenvalue weighted by molar-refractivity contribution is 0.0717. The lowest BCUT2D eigenvalue weighted by Crippen LogP contribution is -2.37. The number of methoxy groups -OCH3 is 1. The summed E-state index contributed by atoms with van der Waals surface area (Å²) in [4.78, 5) is 0. The van der Waals surface area contributed by atoms with Gasteiger partial charge in [0.05, 0.1) is 12.7 Å². The van der Waals surface area contributed by atoms with Crippen LogP contribution in [0.1, 0.15) is 31.9 Å². The van der Waals surface area contributed by atoms with Crippen molar-refractivity contribution in [3.8, 4) is 11.5 Å². The van der Waals surface area contributed by atoms with Crippen LogP contribution < -0.4 is 15.2 Å². The topological polar surface area (TPSA) is 44.5 Å². The van der Waals surface area contributed by atoms with Crippen molar-refractivity contribution < 1.29 is 9.47 Å². The smallest absolute Gasteiger partial charge is 0.128 e. The highest BCUT2D eigenvalue weighted by Crippen LogP contribution is 2.42. The summed E-state index contributed by atoms with van der Waals surface area (Å²) in [6.45, 7) is 4.10. The highest BCUT2D eigenvalue weighted by Gasteiger charge is 2.33. The van der Waals surface area contributed by atoms with Gasteiger partial charge in [-0.15, -0.1) is 0 Å². The van der Waals surface area contributed by atoms with Gasteiger partial charge in [0.2, 0.25) is 0 Å². The summed E-state index contributed by atoms with van der Waals surface area (Å²) in [5, 5.41) is 0.